The molecule has 2 rings (SSSR count). The molecule has 0 radical (unpaired) electrons. The lowest BCUT2D eigenvalue weighted by molar-refractivity contribution is 0.388. The number of aromatic nitrogens is 3. The van der Waals surface area contributed by atoms with Crippen LogP contribution in [-0.2, 0) is 6.54 Å². The Labute approximate surface area is 106 Å². The molecule has 2 heterocycles. The van der Waals surface area contributed by atoms with Gasteiger partial charge in [-0.15, -0.1) is 0 Å². The van der Waals surface area contributed by atoms with Crippen molar-refractivity contribution in [1.82, 2.24) is 14.7 Å². The normalized spacial score (nSPS) is 10.7. The van der Waals surface area contributed by atoms with Crippen LogP contribution in [0.5, 0.6) is 0 Å². The van der Waals surface area contributed by atoms with E-state index in [-0.39, 0.29) is 5.56 Å². The Kier molecular flexibility index (Phi) is 3.08. The van der Waals surface area contributed by atoms with Crippen LogP contribution in [0.1, 0.15) is 17.3 Å². The summed E-state index contributed by atoms with van der Waals surface area (Å²) in [6.07, 6.45) is 1.57. The van der Waals surface area contributed by atoms with E-state index >= 15 is 0 Å². The topological polar surface area (TPSA) is 60.9 Å². The zero-order chi connectivity index (χ0) is 11.7. The Morgan fingerprint density at radius 2 is 2.25 bits per heavy atom. The Hall–Kier alpha value is -1.18. The molecule has 6 heteroatoms. The van der Waals surface area contributed by atoms with Gasteiger partial charge in [-0.2, -0.15) is 0 Å². The number of hydrogen-bond donors (Lipinski definition) is 0. The van der Waals surface area contributed by atoms with Gasteiger partial charge in [-0.05, 0) is 36.4 Å². The third-order valence-electron chi connectivity index (χ3n) is 2.20. The first-order valence-electron chi connectivity index (χ1n) is 4.72. The number of hydrogen-bond acceptors (Lipinski definition) is 4. The summed E-state index contributed by atoms with van der Waals surface area (Å²) in [5.41, 5.74) is 0.681. The van der Waals surface area contributed by atoms with Crippen molar-refractivity contribution in [1.29, 1.82) is 0 Å². The first-order valence-corrected chi connectivity index (χ1v) is 5.80. The highest BCUT2D eigenvalue weighted by atomic mass is 127. The summed E-state index contributed by atoms with van der Waals surface area (Å²) < 4.78 is 7.14. The van der Waals surface area contributed by atoms with Crippen LogP contribution >= 0.6 is 22.6 Å². The van der Waals surface area contributed by atoms with Gasteiger partial charge < -0.3 is 4.52 Å². The molecule has 0 aliphatic rings. The van der Waals surface area contributed by atoms with Crippen LogP contribution in [0.2, 0.25) is 0 Å². The van der Waals surface area contributed by atoms with Gasteiger partial charge >= 0.3 is 0 Å². The zero-order valence-electron chi connectivity index (χ0n) is 8.90. The van der Waals surface area contributed by atoms with Crippen LogP contribution < -0.4 is 5.56 Å². The lowest BCUT2D eigenvalue weighted by Gasteiger charge is -2.06. The van der Waals surface area contributed by atoms with Gasteiger partial charge in [-0.1, -0.05) is 5.16 Å². The minimum absolute atomic E-state index is 0.0475. The molecule has 16 heavy (non-hydrogen) atoms. The fourth-order valence-electron chi connectivity index (χ4n) is 1.39. The van der Waals surface area contributed by atoms with Crippen LogP contribution in [-0.4, -0.2) is 14.7 Å². The fourth-order valence-corrected chi connectivity index (χ4v) is 1.82. The largest absolute Gasteiger partial charge is 0.361 e. The molecule has 0 saturated heterocycles. The van der Waals surface area contributed by atoms with Crippen molar-refractivity contribution >= 4 is 22.6 Å². The van der Waals surface area contributed by atoms with Crippen molar-refractivity contribution in [2.45, 2.75) is 20.4 Å². The molecule has 0 bridgehead atoms. The maximum atomic E-state index is 11.9. The summed E-state index contributed by atoms with van der Waals surface area (Å²) in [4.78, 5) is 16.0. The van der Waals surface area contributed by atoms with E-state index in [9.17, 15) is 4.79 Å². The van der Waals surface area contributed by atoms with Crippen LogP contribution in [0.15, 0.2) is 21.6 Å². The lowest BCUT2D eigenvalue weighted by atomic mass is 10.3. The maximum absolute atomic E-state index is 11.9. The maximum Gasteiger partial charge on any atom is 0.267 e. The molecule has 0 saturated carbocycles. The third kappa shape index (κ3) is 2.16. The van der Waals surface area contributed by atoms with Crippen molar-refractivity contribution in [3.05, 3.63) is 43.5 Å². The molecular weight excluding hydrogens is 321 g/mol. The van der Waals surface area contributed by atoms with Crippen molar-refractivity contribution in [3.63, 3.8) is 0 Å². The standard InChI is InChI=1S/C10H10IN3O2/c1-6-3-8(13-16-6)5-14-7(2)12-4-9(11)10(14)15/h3-4H,5H2,1-2H3. The average Bonchev–Trinajstić information content (AvgIpc) is 2.65. The van der Waals surface area contributed by atoms with E-state index in [4.69, 9.17) is 4.52 Å². The van der Waals surface area contributed by atoms with Crippen molar-refractivity contribution in [2.75, 3.05) is 0 Å². The molecule has 0 aliphatic heterocycles. The van der Waals surface area contributed by atoms with E-state index in [2.05, 4.69) is 10.1 Å². The monoisotopic (exact) mass is 331 g/mol. The first-order chi connectivity index (χ1) is 7.58. The van der Waals surface area contributed by atoms with Gasteiger partial charge in [0.1, 0.15) is 17.3 Å². The summed E-state index contributed by atoms with van der Waals surface area (Å²) >= 11 is 1.97. The predicted octanol–water partition coefficient (Wildman–Crippen LogP) is 1.50. The number of aryl methyl sites for hydroxylation is 2. The van der Waals surface area contributed by atoms with Crippen molar-refractivity contribution < 1.29 is 4.52 Å². The Morgan fingerprint density at radius 3 is 2.88 bits per heavy atom. The highest BCUT2D eigenvalue weighted by Crippen LogP contribution is 2.05. The zero-order valence-corrected chi connectivity index (χ0v) is 11.1. The molecular formula is C10H10IN3O2. The molecule has 84 valence electrons. The molecule has 0 amide bonds. The van der Waals surface area contributed by atoms with E-state index < -0.39 is 0 Å². The van der Waals surface area contributed by atoms with Gasteiger partial charge in [0.25, 0.3) is 5.56 Å². The van der Waals surface area contributed by atoms with Gasteiger partial charge in [0.05, 0.1) is 10.1 Å². The Balaban J connectivity index is 2.42. The van der Waals surface area contributed by atoms with E-state index in [1.807, 2.05) is 35.6 Å². The Morgan fingerprint density at radius 1 is 1.50 bits per heavy atom. The predicted molar refractivity (Wildman–Crippen MR) is 66.3 cm³/mol. The highest BCUT2D eigenvalue weighted by molar-refractivity contribution is 14.1. The first kappa shape index (κ1) is 11.3. The SMILES string of the molecule is Cc1cc(Cn2c(C)ncc(I)c2=O)no1. The van der Waals surface area contributed by atoms with Crippen LogP contribution in [0, 0.1) is 17.4 Å². The van der Waals surface area contributed by atoms with Gasteiger partial charge in [0.2, 0.25) is 0 Å². The molecule has 0 fully saturated rings. The third-order valence-corrected chi connectivity index (χ3v) is 2.94. The molecule has 0 spiro atoms. The second-order valence-electron chi connectivity index (χ2n) is 3.47. The average molecular weight is 331 g/mol. The minimum Gasteiger partial charge on any atom is -0.361 e. The van der Waals surface area contributed by atoms with E-state index in [1.165, 1.54) is 0 Å². The molecule has 2 aromatic heterocycles. The molecule has 5 nitrogen and oxygen atoms in total. The summed E-state index contributed by atoms with van der Waals surface area (Å²) in [5, 5.41) is 3.86. The second kappa shape index (κ2) is 4.36. The van der Waals surface area contributed by atoms with Gasteiger partial charge in [0.15, 0.2) is 0 Å². The van der Waals surface area contributed by atoms with Crippen LogP contribution in [0.4, 0.5) is 0 Å². The summed E-state index contributed by atoms with van der Waals surface area (Å²) in [5.74, 6) is 1.41. The molecule has 0 aliphatic carbocycles. The van der Waals surface area contributed by atoms with E-state index in [1.54, 1.807) is 17.7 Å². The van der Waals surface area contributed by atoms with Crippen LogP contribution in [0.3, 0.4) is 0 Å². The molecule has 0 aromatic carbocycles. The number of halogens is 1. The molecule has 2 aromatic rings. The molecule has 0 atom stereocenters. The fraction of sp³-hybridized carbons (Fsp3) is 0.300. The second-order valence-corrected chi connectivity index (χ2v) is 4.64. The smallest absolute Gasteiger partial charge is 0.267 e. The van der Waals surface area contributed by atoms with Crippen molar-refractivity contribution in [3.8, 4) is 0 Å². The van der Waals surface area contributed by atoms with Gasteiger partial charge in [0, 0.05) is 12.3 Å². The lowest BCUT2D eigenvalue weighted by Crippen LogP contribution is -2.26. The minimum atomic E-state index is -0.0475. The summed E-state index contributed by atoms with van der Waals surface area (Å²) in [7, 11) is 0. The van der Waals surface area contributed by atoms with Gasteiger partial charge in [-0.3, -0.25) is 9.36 Å². The van der Waals surface area contributed by atoms with Crippen molar-refractivity contribution in [2.24, 2.45) is 0 Å². The summed E-state index contributed by atoms with van der Waals surface area (Å²) in [6, 6.07) is 1.81. The van der Waals surface area contributed by atoms with E-state index in [0.29, 0.717) is 15.9 Å². The quantitative estimate of drug-likeness (QED) is 0.783. The van der Waals surface area contributed by atoms with Gasteiger partial charge in [-0.25, -0.2) is 4.98 Å². The summed E-state index contributed by atoms with van der Waals surface area (Å²) in [6.45, 7) is 4.01. The number of rotatable bonds is 2. The Bertz CT molecular complexity index is 574. The highest BCUT2D eigenvalue weighted by Gasteiger charge is 2.08. The molecule has 0 N–H and O–H groups in total. The van der Waals surface area contributed by atoms with Crippen LogP contribution in [0.25, 0.3) is 0 Å². The van der Waals surface area contributed by atoms with E-state index in [0.717, 1.165) is 11.5 Å². The number of nitrogens with zero attached hydrogens (tertiary/aromatic N) is 3. The molecule has 0 unspecified atom stereocenters.